The van der Waals surface area contributed by atoms with Gasteiger partial charge in [0.1, 0.15) is 0 Å². The van der Waals surface area contributed by atoms with Crippen molar-refractivity contribution in [1.82, 2.24) is 0 Å². The lowest BCUT2D eigenvalue weighted by Gasteiger charge is -2.18. The Morgan fingerprint density at radius 1 is 0.842 bits per heavy atom. The highest BCUT2D eigenvalue weighted by Crippen LogP contribution is 2.40. The summed E-state index contributed by atoms with van der Waals surface area (Å²) in [5, 5.41) is 0. The maximum Gasteiger partial charge on any atom is 0.0643 e. The van der Waals surface area contributed by atoms with Crippen molar-refractivity contribution in [3.63, 3.8) is 0 Å². The summed E-state index contributed by atoms with van der Waals surface area (Å²) in [5.41, 5.74) is 0. The molecule has 2 aliphatic carbocycles. The SMILES string of the molecule is SCCCCCCCCCCOC1CC2C=CC1C2. The second kappa shape index (κ2) is 9.07. The van der Waals surface area contributed by atoms with Crippen molar-refractivity contribution >= 4 is 12.6 Å². The average Bonchev–Trinajstić information content (AvgIpc) is 3.03. The van der Waals surface area contributed by atoms with E-state index in [2.05, 4.69) is 24.8 Å². The lowest BCUT2D eigenvalue weighted by Crippen LogP contribution is -2.18. The molecular formula is C17H30OS. The number of thiol groups is 1. The van der Waals surface area contributed by atoms with Gasteiger partial charge >= 0.3 is 0 Å². The van der Waals surface area contributed by atoms with Gasteiger partial charge in [-0.05, 0) is 37.4 Å². The second-order valence-corrected chi connectivity index (χ2v) is 6.69. The third-order valence-electron chi connectivity index (χ3n) is 4.60. The first-order valence-corrected chi connectivity index (χ1v) is 8.94. The molecule has 2 rings (SSSR count). The van der Waals surface area contributed by atoms with Crippen molar-refractivity contribution in [2.45, 2.75) is 70.3 Å². The Bertz CT molecular complexity index is 264. The summed E-state index contributed by atoms with van der Waals surface area (Å²) >= 11 is 4.24. The molecule has 0 radical (unpaired) electrons. The molecule has 0 aliphatic heterocycles. The van der Waals surface area contributed by atoms with Gasteiger partial charge in [-0.1, -0.05) is 50.7 Å². The summed E-state index contributed by atoms with van der Waals surface area (Å²) in [6.07, 6.45) is 18.8. The number of unbranched alkanes of at least 4 members (excludes halogenated alkanes) is 7. The number of hydrogen-bond donors (Lipinski definition) is 1. The fourth-order valence-electron chi connectivity index (χ4n) is 3.43. The van der Waals surface area contributed by atoms with Crippen LogP contribution in [0.4, 0.5) is 0 Å². The summed E-state index contributed by atoms with van der Waals surface area (Å²) < 4.78 is 6.04. The molecule has 0 aromatic rings. The van der Waals surface area contributed by atoms with E-state index in [0.29, 0.717) is 6.10 Å². The van der Waals surface area contributed by atoms with Gasteiger partial charge in [-0.15, -0.1) is 0 Å². The molecule has 0 spiro atoms. The average molecular weight is 282 g/mol. The molecule has 1 nitrogen and oxygen atoms in total. The molecule has 110 valence electrons. The summed E-state index contributed by atoms with van der Waals surface area (Å²) in [7, 11) is 0. The normalized spacial score (nSPS) is 28.4. The van der Waals surface area contributed by atoms with Crippen LogP contribution in [0.25, 0.3) is 0 Å². The first-order chi connectivity index (χ1) is 9.40. The fourth-order valence-corrected chi connectivity index (χ4v) is 3.65. The van der Waals surface area contributed by atoms with Gasteiger partial charge in [-0.2, -0.15) is 12.6 Å². The molecule has 2 heteroatoms. The van der Waals surface area contributed by atoms with Crippen LogP contribution in [0.15, 0.2) is 12.2 Å². The lowest BCUT2D eigenvalue weighted by atomic mass is 10.0. The van der Waals surface area contributed by atoms with E-state index in [1.807, 2.05) is 0 Å². The summed E-state index contributed by atoms with van der Waals surface area (Å²) in [4.78, 5) is 0. The standard InChI is InChI=1S/C17H30OS/c19-12-8-6-4-2-1-3-5-7-11-18-17-14-15-9-10-16(17)13-15/h9-10,15-17,19H,1-8,11-14H2. The van der Waals surface area contributed by atoms with Crippen LogP contribution in [0.5, 0.6) is 0 Å². The smallest absolute Gasteiger partial charge is 0.0643 e. The molecule has 19 heavy (non-hydrogen) atoms. The largest absolute Gasteiger partial charge is 0.378 e. The predicted octanol–water partition coefficient (Wildman–Crippen LogP) is 5.02. The Kier molecular flexibility index (Phi) is 7.37. The molecule has 0 aromatic heterocycles. The van der Waals surface area contributed by atoms with E-state index >= 15 is 0 Å². The van der Waals surface area contributed by atoms with E-state index in [1.54, 1.807) is 0 Å². The quantitative estimate of drug-likeness (QED) is 0.318. The van der Waals surface area contributed by atoms with Crippen molar-refractivity contribution in [1.29, 1.82) is 0 Å². The summed E-state index contributed by atoms with van der Waals surface area (Å²) in [6, 6.07) is 0. The minimum Gasteiger partial charge on any atom is -0.378 e. The van der Waals surface area contributed by atoms with E-state index < -0.39 is 0 Å². The van der Waals surface area contributed by atoms with Gasteiger partial charge in [0.05, 0.1) is 6.10 Å². The molecule has 0 N–H and O–H groups in total. The van der Waals surface area contributed by atoms with Gasteiger partial charge in [0.2, 0.25) is 0 Å². The molecular weight excluding hydrogens is 252 g/mol. The van der Waals surface area contributed by atoms with Crippen LogP contribution >= 0.6 is 12.6 Å². The van der Waals surface area contributed by atoms with Crippen LogP contribution in [0.3, 0.4) is 0 Å². The van der Waals surface area contributed by atoms with E-state index in [9.17, 15) is 0 Å². The number of hydrogen-bond acceptors (Lipinski definition) is 2. The van der Waals surface area contributed by atoms with Gasteiger partial charge in [-0.3, -0.25) is 0 Å². The van der Waals surface area contributed by atoms with Crippen LogP contribution in [-0.2, 0) is 4.74 Å². The van der Waals surface area contributed by atoms with Gasteiger partial charge in [0, 0.05) is 12.5 Å². The van der Waals surface area contributed by atoms with Crippen molar-refractivity contribution in [2.75, 3.05) is 12.4 Å². The molecule has 3 unspecified atom stereocenters. The van der Waals surface area contributed by atoms with Crippen LogP contribution in [0, 0.1) is 11.8 Å². The lowest BCUT2D eigenvalue weighted by molar-refractivity contribution is 0.0342. The first-order valence-electron chi connectivity index (χ1n) is 8.31. The van der Waals surface area contributed by atoms with Crippen LogP contribution < -0.4 is 0 Å². The highest BCUT2D eigenvalue weighted by Gasteiger charge is 2.35. The molecule has 1 fully saturated rings. The van der Waals surface area contributed by atoms with Crippen molar-refractivity contribution in [3.05, 3.63) is 12.2 Å². The molecule has 1 saturated carbocycles. The van der Waals surface area contributed by atoms with Gasteiger partial charge in [0.25, 0.3) is 0 Å². The predicted molar refractivity (Wildman–Crippen MR) is 85.9 cm³/mol. The molecule has 0 saturated heterocycles. The van der Waals surface area contributed by atoms with E-state index in [4.69, 9.17) is 4.74 Å². The van der Waals surface area contributed by atoms with Crippen LogP contribution in [0.1, 0.15) is 64.2 Å². The highest BCUT2D eigenvalue weighted by molar-refractivity contribution is 7.80. The Balaban J connectivity index is 1.34. The molecule has 2 bridgehead atoms. The Hall–Kier alpha value is 0.0500. The molecule has 0 aromatic carbocycles. The molecule has 3 atom stereocenters. The second-order valence-electron chi connectivity index (χ2n) is 6.24. The first kappa shape index (κ1) is 15.4. The zero-order valence-electron chi connectivity index (χ0n) is 12.2. The Labute approximate surface area is 124 Å². The fraction of sp³-hybridized carbons (Fsp3) is 0.882. The number of ether oxygens (including phenoxy) is 1. The monoisotopic (exact) mass is 282 g/mol. The van der Waals surface area contributed by atoms with E-state index in [0.717, 1.165) is 24.2 Å². The molecule has 2 aliphatic rings. The van der Waals surface area contributed by atoms with Crippen molar-refractivity contribution < 1.29 is 4.74 Å². The maximum atomic E-state index is 6.04. The third-order valence-corrected chi connectivity index (χ3v) is 4.92. The number of fused-ring (bicyclic) bond motifs is 2. The van der Waals surface area contributed by atoms with Crippen LogP contribution in [-0.4, -0.2) is 18.5 Å². The summed E-state index contributed by atoms with van der Waals surface area (Å²) in [6.45, 7) is 0.987. The molecule has 0 amide bonds. The van der Waals surface area contributed by atoms with E-state index in [1.165, 1.54) is 64.2 Å². The summed E-state index contributed by atoms with van der Waals surface area (Å²) in [5.74, 6) is 2.64. The van der Waals surface area contributed by atoms with Gasteiger partial charge < -0.3 is 4.74 Å². The Morgan fingerprint density at radius 3 is 2.11 bits per heavy atom. The van der Waals surface area contributed by atoms with Crippen LogP contribution in [0.2, 0.25) is 0 Å². The minimum absolute atomic E-state index is 0.552. The van der Waals surface area contributed by atoms with E-state index in [-0.39, 0.29) is 0 Å². The minimum atomic E-state index is 0.552. The molecule has 0 heterocycles. The van der Waals surface area contributed by atoms with Gasteiger partial charge in [0.15, 0.2) is 0 Å². The number of allylic oxidation sites excluding steroid dienone is 1. The maximum absolute atomic E-state index is 6.04. The highest BCUT2D eigenvalue weighted by atomic mass is 32.1. The zero-order chi connectivity index (χ0) is 13.3. The third kappa shape index (κ3) is 5.51. The van der Waals surface area contributed by atoms with Crippen molar-refractivity contribution in [2.24, 2.45) is 11.8 Å². The Morgan fingerprint density at radius 2 is 1.53 bits per heavy atom. The zero-order valence-corrected chi connectivity index (χ0v) is 13.1. The topological polar surface area (TPSA) is 9.23 Å². The van der Waals surface area contributed by atoms with Gasteiger partial charge in [-0.25, -0.2) is 0 Å². The van der Waals surface area contributed by atoms with Crippen molar-refractivity contribution in [3.8, 4) is 0 Å². The number of rotatable bonds is 11.